The topological polar surface area (TPSA) is 106 Å². The molecule has 28 heavy (non-hydrogen) atoms. The van der Waals surface area contributed by atoms with Gasteiger partial charge in [-0.05, 0) is 36.8 Å². The van der Waals surface area contributed by atoms with E-state index in [1.54, 1.807) is 43.6 Å². The summed E-state index contributed by atoms with van der Waals surface area (Å²) in [4.78, 5) is 36.7. The number of hydrogen-bond acceptors (Lipinski definition) is 7. The lowest BCUT2D eigenvalue weighted by Gasteiger charge is -2.10. The molecule has 0 bridgehead atoms. The smallest absolute Gasteiger partial charge is 0.340 e. The van der Waals surface area contributed by atoms with Gasteiger partial charge >= 0.3 is 5.97 Å². The number of anilines is 2. The van der Waals surface area contributed by atoms with Crippen molar-refractivity contribution in [1.82, 2.24) is 15.0 Å². The van der Waals surface area contributed by atoms with Crippen molar-refractivity contribution < 1.29 is 14.3 Å². The van der Waals surface area contributed by atoms with Gasteiger partial charge in [0, 0.05) is 18.9 Å². The molecule has 3 rings (SSSR count). The Bertz CT molecular complexity index is 946. The van der Waals surface area contributed by atoms with Crippen LogP contribution in [0.5, 0.6) is 0 Å². The summed E-state index contributed by atoms with van der Waals surface area (Å²) in [6.45, 7) is 2.54. The van der Waals surface area contributed by atoms with Crippen LogP contribution in [-0.4, -0.2) is 33.4 Å². The van der Waals surface area contributed by atoms with Crippen LogP contribution in [0.4, 0.5) is 11.5 Å². The molecule has 2 aromatic heterocycles. The molecule has 0 aliphatic rings. The first-order valence-electron chi connectivity index (χ1n) is 8.69. The lowest BCUT2D eigenvalue weighted by atomic mass is 10.1. The summed E-state index contributed by atoms with van der Waals surface area (Å²) in [6.07, 6.45) is 6.28. The number of rotatable bonds is 7. The number of nitrogens with zero attached hydrogens (tertiary/aromatic N) is 3. The minimum absolute atomic E-state index is 0.133. The average Bonchev–Trinajstić information content (AvgIpc) is 2.74. The molecule has 0 radical (unpaired) electrons. The Morgan fingerprint density at radius 2 is 1.82 bits per heavy atom. The molecule has 0 aliphatic heterocycles. The van der Waals surface area contributed by atoms with Gasteiger partial charge in [-0.1, -0.05) is 12.1 Å². The van der Waals surface area contributed by atoms with Crippen molar-refractivity contribution in [1.29, 1.82) is 0 Å². The number of benzene rings is 1. The third-order valence-corrected chi connectivity index (χ3v) is 3.78. The van der Waals surface area contributed by atoms with Gasteiger partial charge in [-0.2, -0.15) is 0 Å². The van der Waals surface area contributed by atoms with Gasteiger partial charge in [0.15, 0.2) is 0 Å². The van der Waals surface area contributed by atoms with E-state index in [9.17, 15) is 9.59 Å². The molecule has 142 valence electrons. The second kappa shape index (κ2) is 9.22. The van der Waals surface area contributed by atoms with Crippen LogP contribution >= 0.6 is 0 Å². The fourth-order valence-electron chi connectivity index (χ4n) is 2.40. The molecule has 2 heterocycles. The zero-order chi connectivity index (χ0) is 19.8. The first-order chi connectivity index (χ1) is 13.7. The first kappa shape index (κ1) is 19.0. The highest BCUT2D eigenvalue weighted by atomic mass is 16.5. The molecule has 1 aromatic carbocycles. The van der Waals surface area contributed by atoms with E-state index in [1.807, 2.05) is 12.1 Å². The summed E-state index contributed by atoms with van der Waals surface area (Å²) >= 11 is 0. The largest absolute Gasteiger partial charge is 0.462 e. The van der Waals surface area contributed by atoms with Crippen molar-refractivity contribution in [3.8, 4) is 0 Å². The third kappa shape index (κ3) is 4.88. The van der Waals surface area contributed by atoms with Gasteiger partial charge in [-0.25, -0.2) is 14.8 Å². The summed E-state index contributed by atoms with van der Waals surface area (Å²) in [7, 11) is 0. The van der Waals surface area contributed by atoms with E-state index in [4.69, 9.17) is 4.74 Å². The fraction of sp³-hybridized carbons (Fsp3) is 0.150. The van der Waals surface area contributed by atoms with Crippen molar-refractivity contribution in [2.45, 2.75) is 13.5 Å². The zero-order valence-corrected chi connectivity index (χ0v) is 15.3. The number of carbonyl (C=O) groups is 2. The Balaban J connectivity index is 1.65. The minimum Gasteiger partial charge on any atom is -0.462 e. The predicted molar refractivity (Wildman–Crippen MR) is 104 cm³/mol. The highest BCUT2D eigenvalue weighted by Gasteiger charge is 2.15. The van der Waals surface area contributed by atoms with Crippen molar-refractivity contribution >= 4 is 23.4 Å². The Hall–Kier alpha value is -3.81. The maximum Gasteiger partial charge on any atom is 0.340 e. The van der Waals surface area contributed by atoms with Gasteiger partial charge in [0.05, 0.1) is 30.3 Å². The lowest BCUT2D eigenvalue weighted by molar-refractivity contribution is 0.0527. The number of pyridine rings is 1. The van der Waals surface area contributed by atoms with E-state index in [1.165, 1.54) is 12.4 Å². The first-order valence-corrected chi connectivity index (χ1v) is 8.69. The van der Waals surface area contributed by atoms with E-state index in [0.29, 0.717) is 18.1 Å². The number of ether oxygens (including phenoxy) is 1. The van der Waals surface area contributed by atoms with Crippen molar-refractivity contribution in [3.05, 3.63) is 78.0 Å². The summed E-state index contributed by atoms with van der Waals surface area (Å²) in [6, 6.07) is 10.4. The van der Waals surface area contributed by atoms with Crippen LogP contribution in [0.2, 0.25) is 0 Å². The molecule has 2 N–H and O–H groups in total. The Morgan fingerprint density at radius 3 is 2.54 bits per heavy atom. The maximum absolute atomic E-state index is 12.4. The number of carbonyl (C=O) groups excluding carboxylic acids is 2. The molecular weight excluding hydrogens is 358 g/mol. The van der Waals surface area contributed by atoms with E-state index in [-0.39, 0.29) is 17.9 Å². The molecule has 8 heteroatoms. The molecule has 3 aromatic rings. The second-order valence-electron chi connectivity index (χ2n) is 5.72. The average molecular weight is 377 g/mol. The number of esters is 1. The van der Waals surface area contributed by atoms with Crippen LogP contribution in [0.25, 0.3) is 0 Å². The van der Waals surface area contributed by atoms with Crippen LogP contribution in [0.15, 0.2) is 61.2 Å². The molecule has 0 atom stereocenters. The highest BCUT2D eigenvalue weighted by Crippen LogP contribution is 2.17. The molecule has 0 unspecified atom stereocenters. The number of hydrogen-bond donors (Lipinski definition) is 2. The van der Waals surface area contributed by atoms with Gasteiger partial charge < -0.3 is 15.4 Å². The molecule has 0 spiro atoms. The second-order valence-corrected chi connectivity index (χ2v) is 5.72. The van der Waals surface area contributed by atoms with Gasteiger partial charge in [-0.3, -0.25) is 9.78 Å². The number of amides is 1. The summed E-state index contributed by atoms with van der Waals surface area (Å²) in [5.74, 6) is -0.426. The SMILES string of the molecule is CCOC(=O)c1ccccc1NC(=O)c1cnc(NCc2ccncc2)cn1. The molecule has 0 saturated carbocycles. The van der Waals surface area contributed by atoms with Crippen LogP contribution in [-0.2, 0) is 11.3 Å². The van der Waals surface area contributed by atoms with Crippen LogP contribution < -0.4 is 10.6 Å². The van der Waals surface area contributed by atoms with Gasteiger partial charge in [-0.15, -0.1) is 0 Å². The van der Waals surface area contributed by atoms with Crippen LogP contribution in [0.3, 0.4) is 0 Å². The highest BCUT2D eigenvalue weighted by molar-refractivity contribution is 6.06. The number of para-hydroxylation sites is 1. The summed E-state index contributed by atoms with van der Waals surface area (Å²) in [5.41, 5.74) is 1.82. The molecule has 1 amide bonds. The monoisotopic (exact) mass is 377 g/mol. The number of aromatic nitrogens is 3. The quantitative estimate of drug-likeness (QED) is 0.610. The van der Waals surface area contributed by atoms with E-state index < -0.39 is 11.9 Å². The van der Waals surface area contributed by atoms with Gasteiger partial charge in [0.1, 0.15) is 11.5 Å². The minimum atomic E-state index is -0.500. The van der Waals surface area contributed by atoms with E-state index >= 15 is 0 Å². The molecular formula is C20H19N5O3. The van der Waals surface area contributed by atoms with Crippen molar-refractivity contribution in [2.75, 3.05) is 17.2 Å². The van der Waals surface area contributed by atoms with Crippen molar-refractivity contribution in [2.24, 2.45) is 0 Å². The maximum atomic E-state index is 12.4. The Kier molecular flexibility index (Phi) is 6.25. The fourth-order valence-corrected chi connectivity index (χ4v) is 2.40. The zero-order valence-electron chi connectivity index (χ0n) is 15.3. The van der Waals surface area contributed by atoms with Crippen LogP contribution in [0, 0.1) is 0 Å². The molecule has 8 nitrogen and oxygen atoms in total. The lowest BCUT2D eigenvalue weighted by Crippen LogP contribution is -2.17. The predicted octanol–water partition coefficient (Wildman–Crippen LogP) is 2.91. The van der Waals surface area contributed by atoms with Gasteiger partial charge in [0.2, 0.25) is 0 Å². The molecule has 0 saturated heterocycles. The van der Waals surface area contributed by atoms with Gasteiger partial charge in [0.25, 0.3) is 5.91 Å². The standard InChI is InChI=1S/C20H19N5O3/c1-2-28-20(27)15-5-3-4-6-16(15)25-19(26)17-12-24-18(13-22-17)23-11-14-7-9-21-10-8-14/h3-10,12-13H,2,11H2,1H3,(H,23,24)(H,25,26). The molecule has 0 fully saturated rings. The van der Waals surface area contributed by atoms with E-state index in [2.05, 4.69) is 25.6 Å². The van der Waals surface area contributed by atoms with Crippen LogP contribution in [0.1, 0.15) is 33.3 Å². The Labute approximate surface area is 162 Å². The summed E-state index contributed by atoms with van der Waals surface area (Å²) in [5, 5.41) is 5.79. The third-order valence-electron chi connectivity index (χ3n) is 3.78. The summed E-state index contributed by atoms with van der Waals surface area (Å²) < 4.78 is 5.00. The van der Waals surface area contributed by atoms with Crippen molar-refractivity contribution in [3.63, 3.8) is 0 Å². The Morgan fingerprint density at radius 1 is 1.04 bits per heavy atom. The normalized spacial score (nSPS) is 10.2. The van der Waals surface area contributed by atoms with E-state index in [0.717, 1.165) is 5.56 Å². The molecule has 0 aliphatic carbocycles. The number of nitrogens with one attached hydrogen (secondary N) is 2.